The standard InChI is InChI=1S/C29H33NO3/c1-5-19(6-2)20-13-15-24-26(17-20)32-27-18-21(30(7-3)8-4)14-16-25(27)29(24)23-12-10-9-11-22(23)28(31)33-29/h9-19,28,31H,5-8H2,1-4H3. The summed E-state index contributed by atoms with van der Waals surface area (Å²) in [6.45, 7) is 10.6. The topological polar surface area (TPSA) is 41.9 Å². The van der Waals surface area contributed by atoms with Gasteiger partial charge >= 0.3 is 0 Å². The van der Waals surface area contributed by atoms with Crippen molar-refractivity contribution < 1.29 is 14.6 Å². The molecule has 0 saturated heterocycles. The number of hydrogen-bond acceptors (Lipinski definition) is 4. The highest BCUT2D eigenvalue weighted by Gasteiger charge is 2.52. The molecule has 4 heteroatoms. The Labute approximate surface area is 196 Å². The van der Waals surface area contributed by atoms with E-state index in [0.717, 1.165) is 65.4 Å². The van der Waals surface area contributed by atoms with E-state index >= 15 is 0 Å². The van der Waals surface area contributed by atoms with E-state index in [1.165, 1.54) is 5.56 Å². The zero-order valence-electron chi connectivity index (χ0n) is 20.0. The highest BCUT2D eigenvalue weighted by atomic mass is 16.6. The van der Waals surface area contributed by atoms with Crippen molar-refractivity contribution in [2.75, 3.05) is 18.0 Å². The second kappa shape index (κ2) is 8.51. The summed E-state index contributed by atoms with van der Waals surface area (Å²) in [7, 11) is 0. The second-order valence-corrected chi connectivity index (χ2v) is 8.96. The van der Waals surface area contributed by atoms with Crippen LogP contribution in [0, 0.1) is 0 Å². The van der Waals surface area contributed by atoms with Gasteiger partial charge in [-0.25, -0.2) is 0 Å². The van der Waals surface area contributed by atoms with Crippen molar-refractivity contribution in [2.24, 2.45) is 0 Å². The van der Waals surface area contributed by atoms with E-state index < -0.39 is 11.9 Å². The molecule has 2 atom stereocenters. The molecule has 2 heterocycles. The first-order chi connectivity index (χ1) is 16.1. The summed E-state index contributed by atoms with van der Waals surface area (Å²) in [5.41, 5.74) is 5.19. The number of rotatable bonds is 6. The maximum Gasteiger partial charge on any atom is 0.183 e. The van der Waals surface area contributed by atoms with Crippen molar-refractivity contribution >= 4 is 5.69 Å². The predicted octanol–water partition coefficient (Wildman–Crippen LogP) is 6.86. The van der Waals surface area contributed by atoms with Gasteiger partial charge < -0.3 is 19.5 Å². The van der Waals surface area contributed by atoms with Gasteiger partial charge in [0.2, 0.25) is 0 Å². The van der Waals surface area contributed by atoms with Gasteiger partial charge in [0.05, 0.1) is 0 Å². The smallest absolute Gasteiger partial charge is 0.183 e. The zero-order valence-corrected chi connectivity index (χ0v) is 20.0. The molecule has 2 aliphatic rings. The summed E-state index contributed by atoms with van der Waals surface area (Å²) in [6, 6.07) is 20.9. The molecule has 3 aromatic carbocycles. The molecule has 3 aromatic rings. The van der Waals surface area contributed by atoms with E-state index in [1.54, 1.807) is 0 Å². The van der Waals surface area contributed by atoms with Gasteiger partial charge in [-0.3, -0.25) is 0 Å². The third-order valence-electron chi connectivity index (χ3n) is 7.43. The Kier molecular flexibility index (Phi) is 5.67. The molecule has 0 aromatic heterocycles. The Morgan fingerprint density at radius 2 is 1.52 bits per heavy atom. The molecule has 4 nitrogen and oxygen atoms in total. The van der Waals surface area contributed by atoms with Gasteiger partial charge in [0.25, 0.3) is 0 Å². The van der Waals surface area contributed by atoms with E-state index in [9.17, 15) is 5.11 Å². The normalized spacial score (nSPS) is 20.4. The molecule has 2 aliphatic heterocycles. The molecule has 2 unspecified atom stereocenters. The van der Waals surface area contributed by atoms with E-state index in [4.69, 9.17) is 9.47 Å². The summed E-state index contributed by atoms with van der Waals surface area (Å²) in [5.74, 6) is 2.09. The SMILES string of the molecule is CCC(CC)c1ccc2c(c1)Oc1cc(N(CC)CC)ccc1C21OC(O)c2ccccc21. The monoisotopic (exact) mass is 443 g/mol. The van der Waals surface area contributed by atoms with Gasteiger partial charge in [-0.1, -0.05) is 50.2 Å². The number of benzene rings is 3. The number of nitrogens with zero attached hydrogens (tertiary/aromatic N) is 1. The van der Waals surface area contributed by atoms with Crippen molar-refractivity contribution in [3.05, 3.63) is 88.5 Å². The van der Waals surface area contributed by atoms with Gasteiger partial charge in [0.1, 0.15) is 11.5 Å². The van der Waals surface area contributed by atoms with Crippen LogP contribution >= 0.6 is 0 Å². The summed E-state index contributed by atoms with van der Waals surface area (Å²) >= 11 is 0. The predicted molar refractivity (Wildman–Crippen MR) is 132 cm³/mol. The van der Waals surface area contributed by atoms with Gasteiger partial charge in [-0.2, -0.15) is 0 Å². The molecular weight excluding hydrogens is 410 g/mol. The lowest BCUT2D eigenvalue weighted by atomic mass is 9.77. The Bertz CT molecular complexity index is 1100. The van der Waals surface area contributed by atoms with Crippen LogP contribution in [0.2, 0.25) is 0 Å². The van der Waals surface area contributed by atoms with Crippen LogP contribution in [-0.2, 0) is 10.3 Å². The number of ether oxygens (including phenoxy) is 2. The molecule has 5 rings (SSSR count). The van der Waals surface area contributed by atoms with Crippen molar-refractivity contribution in [1.29, 1.82) is 0 Å². The minimum Gasteiger partial charge on any atom is -0.456 e. The number of aliphatic hydroxyl groups is 1. The minimum atomic E-state index is -0.985. The summed E-state index contributed by atoms with van der Waals surface area (Å²) in [6.07, 6.45) is 1.18. The van der Waals surface area contributed by atoms with Crippen LogP contribution < -0.4 is 9.64 Å². The fourth-order valence-corrected chi connectivity index (χ4v) is 5.61. The molecule has 0 saturated carbocycles. The van der Waals surface area contributed by atoms with Crippen LogP contribution in [0.1, 0.15) is 80.6 Å². The largest absolute Gasteiger partial charge is 0.456 e. The molecular formula is C29H33NO3. The third kappa shape index (κ3) is 3.27. The first-order valence-electron chi connectivity index (χ1n) is 12.2. The molecule has 0 bridgehead atoms. The third-order valence-corrected chi connectivity index (χ3v) is 7.43. The fourth-order valence-electron chi connectivity index (χ4n) is 5.61. The molecule has 0 amide bonds. The summed E-state index contributed by atoms with van der Waals surface area (Å²) < 4.78 is 13.1. The van der Waals surface area contributed by atoms with E-state index in [0.29, 0.717) is 5.92 Å². The fraction of sp³-hybridized carbons (Fsp3) is 0.379. The average molecular weight is 444 g/mol. The van der Waals surface area contributed by atoms with E-state index in [1.807, 2.05) is 18.2 Å². The highest BCUT2D eigenvalue weighted by Crippen LogP contribution is 2.59. The summed E-state index contributed by atoms with van der Waals surface area (Å²) in [5, 5.41) is 10.9. The summed E-state index contributed by atoms with van der Waals surface area (Å²) in [4.78, 5) is 2.31. The number of fused-ring (bicyclic) bond motifs is 6. The van der Waals surface area contributed by atoms with Crippen LogP contribution in [-0.4, -0.2) is 18.2 Å². The molecule has 172 valence electrons. The first kappa shape index (κ1) is 22.0. The molecule has 0 fully saturated rings. The Hall–Kier alpha value is -2.82. The molecule has 1 spiro atoms. The van der Waals surface area contributed by atoms with Crippen molar-refractivity contribution in [1.82, 2.24) is 0 Å². The Morgan fingerprint density at radius 1 is 0.848 bits per heavy atom. The lowest BCUT2D eigenvalue weighted by Gasteiger charge is -2.38. The van der Waals surface area contributed by atoms with E-state index in [-0.39, 0.29) is 0 Å². The van der Waals surface area contributed by atoms with Gasteiger partial charge in [0, 0.05) is 47.1 Å². The molecule has 1 N–H and O–H groups in total. The quantitative estimate of drug-likeness (QED) is 0.452. The second-order valence-electron chi connectivity index (χ2n) is 8.96. The lowest BCUT2D eigenvalue weighted by Crippen LogP contribution is -2.33. The van der Waals surface area contributed by atoms with Crippen molar-refractivity contribution in [2.45, 2.75) is 58.3 Å². The number of hydrogen-bond donors (Lipinski definition) is 1. The van der Waals surface area contributed by atoms with Crippen LogP contribution in [0.25, 0.3) is 0 Å². The maximum atomic E-state index is 10.9. The Morgan fingerprint density at radius 3 is 2.21 bits per heavy atom. The van der Waals surface area contributed by atoms with Crippen LogP contribution in [0.15, 0.2) is 60.7 Å². The average Bonchev–Trinajstić information content (AvgIpc) is 3.13. The maximum absolute atomic E-state index is 10.9. The molecule has 33 heavy (non-hydrogen) atoms. The van der Waals surface area contributed by atoms with Crippen molar-refractivity contribution in [3.63, 3.8) is 0 Å². The van der Waals surface area contributed by atoms with Crippen LogP contribution in [0.3, 0.4) is 0 Å². The van der Waals surface area contributed by atoms with Gasteiger partial charge in [-0.05, 0) is 56.4 Å². The first-order valence-corrected chi connectivity index (χ1v) is 12.2. The number of anilines is 1. The minimum absolute atomic E-state index is 0.487. The van der Waals surface area contributed by atoms with Crippen molar-refractivity contribution in [3.8, 4) is 11.5 Å². The highest BCUT2D eigenvalue weighted by molar-refractivity contribution is 5.67. The lowest BCUT2D eigenvalue weighted by molar-refractivity contribution is -0.142. The van der Waals surface area contributed by atoms with Crippen LogP contribution in [0.5, 0.6) is 11.5 Å². The zero-order chi connectivity index (χ0) is 23.2. The molecule has 0 radical (unpaired) electrons. The van der Waals surface area contributed by atoms with Crippen LogP contribution in [0.4, 0.5) is 5.69 Å². The van der Waals surface area contributed by atoms with E-state index in [2.05, 4.69) is 75.1 Å². The van der Waals surface area contributed by atoms with Gasteiger partial charge in [-0.15, -0.1) is 0 Å². The molecule has 0 aliphatic carbocycles. The number of aliphatic hydroxyl groups excluding tert-OH is 1. The Balaban J connectivity index is 1.75. The van der Waals surface area contributed by atoms with Gasteiger partial charge in [0.15, 0.2) is 11.9 Å².